The molecule has 4 aromatic rings. The van der Waals surface area contributed by atoms with E-state index in [0.717, 1.165) is 55.4 Å². The first-order valence-corrected chi connectivity index (χ1v) is 14.3. The topological polar surface area (TPSA) is 34.4 Å². The fourth-order valence-electron chi connectivity index (χ4n) is 4.96. The van der Waals surface area contributed by atoms with Crippen LogP contribution in [0.1, 0.15) is 42.0 Å². The van der Waals surface area contributed by atoms with Crippen molar-refractivity contribution < 1.29 is 0 Å². The minimum Gasteiger partial charge on any atom is -0.272 e. The van der Waals surface area contributed by atoms with Crippen LogP contribution in [0.5, 0.6) is 0 Å². The Labute approximate surface area is 230 Å². The highest BCUT2D eigenvalue weighted by atomic mass is 79.9. The van der Waals surface area contributed by atoms with Crippen LogP contribution in [0.15, 0.2) is 114 Å². The number of hydrogen-bond donors (Lipinski definition) is 0. The fraction of sp³-hybridized carbons (Fsp3) is 0.133. The maximum Gasteiger partial charge on any atom is 0.271 e. The summed E-state index contributed by atoms with van der Waals surface area (Å²) in [5.74, 6) is 0. The molecule has 0 radical (unpaired) electrons. The van der Waals surface area contributed by atoms with Gasteiger partial charge in [0, 0.05) is 8.95 Å². The highest BCUT2D eigenvalue weighted by molar-refractivity contribution is 9.10. The van der Waals surface area contributed by atoms with Gasteiger partial charge in [-0.25, -0.2) is 4.99 Å². The van der Waals surface area contributed by atoms with Crippen LogP contribution in [0.3, 0.4) is 0 Å². The summed E-state index contributed by atoms with van der Waals surface area (Å²) in [5, 5.41) is 0. The third-order valence-electron chi connectivity index (χ3n) is 6.63. The minimum absolute atomic E-state index is 0.0195. The molecule has 6 heteroatoms. The molecule has 0 saturated heterocycles. The van der Waals surface area contributed by atoms with Crippen molar-refractivity contribution in [2.45, 2.75) is 25.3 Å². The van der Waals surface area contributed by atoms with Crippen molar-refractivity contribution in [2.75, 3.05) is 0 Å². The Kier molecular flexibility index (Phi) is 6.50. The summed E-state index contributed by atoms with van der Waals surface area (Å²) in [4.78, 5) is 19.7. The molecule has 1 aliphatic heterocycles. The first-order chi connectivity index (χ1) is 17.6. The fourth-order valence-corrected chi connectivity index (χ4v) is 6.49. The predicted molar refractivity (Wildman–Crippen MR) is 155 cm³/mol. The lowest BCUT2D eigenvalue weighted by Crippen LogP contribution is -2.39. The monoisotopic (exact) mass is 616 g/mol. The van der Waals surface area contributed by atoms with Gasteiger partial charge in [0.05, 0.1) is 16.3 Å². The van der Waals surface area contributed by atoms with E-state index >= 15 is 0 Å². The predicted octanol–water partition coefficient (Wildman–Crippen LogP) is 7.01. The van der Waals surface area contributed by atoms with E-state index in [0.29, 0.717) is 4.53 Å². The summed E-state index contributed by atoms with van der Waals surface area (Å²) in [6.45, 7) is 0. The van der Waals surface area contributed by atoms with Gasteiger partial charge in [-0.15, -0.1) is 0 Å². The summed E-state index contributed by atoms with van der Waals surface area (Å²) in [6, 6.07) is 26.6. The van der Waals surface area contributed by atoms with Gasteiger partial charge in [0.25, 0.3) is 5.56 Å². The average molecular weight is 618 g/mol. The van der Waals surface area contributed by atoms with E-state index in [4.69, 9.17) is 4.99 Å². The summed E-state index contributed by atoms with van der Waals surface area (Å²) >= 11 is 8.57. The van der Waals surface area contributed by atoms with Gasteiger partial charge in [0.15, 0.2) is 4.80 Å². The van der Waals surface area contributed by atoms with Crippen molar-refractivity contribution in [1.29, 1.82) is 0 Å². The van der Waals surface area contributed by atoms with Crippen LogP contribution in [0.4, 0.5) is 0 Å². The molecule has 0 amide bonds. The number of halogens is 2. The second-order valence-corrected chi connectivity index (χ2v) is 11.8. The summed E-state index contributed by atoms with van der Waals surface area (Å²) in [7, 11) is 0. The highest BCUT2D eigenvalue weighted by Crippen LogP contribution is 2.41. The molecule has 0 bridgehead atoms. The Hall–Kier alpha value is -2.80. The molecule has 0 saturated carbocycles. The van der Waals surface area contributed by atoms with Gasteiger partial charge in [-0.05, 0) is 83.5 Å². The number of aromatic nitrogens is 1. The molecular weight excluding hydrogens is 596 g/mol. The van der Waals surface area contributed by atoms with Gasteiger partial charge >= 0.3 is 0 Å². The molecular formula is C30H22Br2N2OS. The zero-order valence-electron chi connectivity index (χ0n) is 19.3. The van der Waals surface area contributed by atoms with E-state index in [1.54, 1.807) is 0 Å². The third-order valence-corrected chi connectivity index (χ3v) is 8.67. The highest BCUT2D eigenvalue weighted by Gasteiger charge is 2.32. The first kappa shape index (κ1) is 23.6. The summed E-state index contributed by atoms with van der Waals surface area (Å²) < 4.78 is 4.71. The Bertz CT molecular complexity index is 1680. The van der Waals surface area contributed by atoms with Gasteiger partial charge < -0.3 is 0 Å². The van der Waals surface area contributed by atoms with Crippen molar-refractivity contribution in [3.8, 4) is 0 Å². The van der Waals surface area contributed by atoms with E-state index in [9.17, 15) is 4.79 Å². The Balaban J connectivity index is 1.58. The van der Waals surface area contributed by atoms with Crippen molar-refractivity contribution in [3.05, 3.63) is 141 Å². The quantitative estimate of drug-likeness (QED) is 0.244. The van der Waals surface area contributed by atoms with E-state index in [-0.39, 0.29) is 11.6 Å². The molecule has 6 rings (SSSR count). The largest absolute Gasteiger partial charge is 0.272 e. The van der Waals surface area contributed by atoms with Crippen molar-refractivity contribution >= 4 is 55.3 Å². The van der Waals surface area contributed by atoms with Crippen molar-refractivity contribution in [2.24, 2.45) is 4.99 Å². The van der Waals surface area contributed by atoms with Gasteiger partial charge in [-0.2, -0.15) is 0 Å². The SMILES string of the molecule is O=c1/c(=C/c2ccccc2)sc2n1C(c1ccc(Br)cc1)C1=C(N=2)/C(=C/c2ccc(Br)cc2)CCC1. The molecule has 2 aliphatic rings. The first-order valence-electron chi connectivity index (χ1n) is 11.9. The van der Waals surface area contributed by atoms with Gasteiger partial charge in [-0.1, -0.05) is 97.8 Å². The Morgan fingerprint density at radius 3 is 2.22 bits per heavy atom. The second kappa shape index (κ2) is 9.92. The molecule has 1 atom stereocenters. The summed E-state index contributed by atoms with van der Waals surface area (Å²) in [5.41, 5.74) is 6.81. The van der Waals surface area contributed by atoms with Crippen LogP contribution in [0.2, 0.25) is 0 Å². The average Bonchev–Trinajstić information content (AvgIpc) is 3.20. The molecule has 1 aromatic heterocycles. The third kappa shape index (κ3) is 4.54. The van der Waals surface area contributed by atoms with Gasteiger partial charge in [-0.3, -0.25) is 9.36 Å². The van der Waals surface area contributed by atoms with Crippen molar-refractivity contribution in [3.63, 3.8) is 0 Å². The normalized spacial score (nSPS) is 18.7. The molecule has 2 heterocycles. The summed E-state index contributed by atoms with van der Waals surface area (Å²) in [6.07, 6.45) is 7.17. The molecule has 178 valence electrons. The number of rotatable bonds is 3. The standard InChI is InChI=1S/C30H22Br2N2OS/c31-23-13-9-20(10-14-23)17-22-7-4-8-25-27(22)33-30-34(28(25)21-11-15-24(32)16-12-21)29(35)26(36-30)18-19-5-2-1-3-6-19/h1-3,5-6,9-18,28H,4,7-8H2/b22-17+,26-18-. The van der Waals surface area contributed by atoms with Crippen LogP contribution in [0.25, 0.3) is 12.2 Å². The molecule has 3 aromatic carbocycles. The zero-order valence-corrected chi connectivity index (χ0v) is 23.3. The number of nitrogens with zero attached hydrogens (tertiary/aromatic N) is 2. The van der Waals surface area contributed by atoms with Crippen molar-refractivity contribution in [1.82, 2.24) is 4.57 Å². The maximum atomic E-state index is 13.8. The molecule has 1 aliphatic carbocycles. The lowest BCUT2D eigenvalue weighted by atomic mass is 9.84. The van der Waals surface area contributed by atoms with Crippen LogP contribution < -0.4 is 14.9 Å². The number of allylic oxidation sites excluding steroid dienone is 2. The smallest absolute Gasteiger partial charge is 0.271 e. The molecule has 3 nitrogen and oxygen atoms in total. The van der Waals surface area contributed by atoms with Crippen LogP contribution >= 0.6 is 43.2 Å². The number of benzene rings is 3. The van der Waals surface area contributed by atoms with Gasteiger partial charge in [0.1, 0.15) is 0 Å². The lowest BCUT2D eigenvalue weighted by Gasteiger charge is -2.31. The van der Waals surface area contributed by atoms with Crippen LogP contribution in [-0.2, 0) is 0 Å². The maximum absolute atomic E-state index is 13.8. The number of hydrogen-bond acceptors (Lipinski definition) is 3. The molecule has 0 fully saturated rings. The van der Waals surface area contributed by atoms with E-state index in [1.807, 2.05) is 41.0 Å². The number of thiazole rings is 1. The molecule has 0 N–H and O–H groups in total. The second-order valence-electron chi connectivity index (χ2n) is 8.99. The molecule has 0 spiro atoms. The van der Waals surface area contributed by atoms with Gasteiger partial charge in [0.2, 0.25) is 0 Å². The number of fused-ring (bicyclic) bond motifs is 1. The molecule has 36 heavy (non-hydrogen) atoms. The van der Waals surface area contributed by atoms with Crippen LogP contribution in [0, 0.1) is 0 Å². The zero-order chi connectivity index (χ0) is 24.6. The van der Waals surface area contributed by atoms with Crippen LogP contribution in [-0.4, -0.2) is 4.57 Å². The lowest BCUT2D eigenvalue weighted by molar-refractivity contribution is 0.553. The van der Waals surface area contributed by atoms with E-state index in [1.165, 1.54) is 22.5 Å². The minimum atomic E-state index is -0.157. The molecule has 1 unspecified atom stereocenters. The van der Waals surface area contributed by atoms with E-state index in [2.05, 4.69) is 86.5 Å². The Morgan fingerprint density at radius 1 is 0.833 bits per heavy atom. The van der Waals surface area contributed by atoms with E-state index < -0.39 is 0 Å². The Morgan fingerprint density at radius 2 is 1.50 bits per heavy atom.